The number of benzene rings is 2. The molecule has 0 saturated heterocycles. The average molecular weight is 421 g/mol. The molecule has 1 saturated carbocycles. The van der Waals surface area contributed by atoms with Gasteiger partial charge in [-0.2, -0.15) is 0 Å². The van der Waals surface area contributed by atoms with E-state index in [1.54, 1.807) is 0 Å². The molecule has 2 aromatic rings. The van der Waals surface area contributed by atoms with Crippen molar-refractivity contribution >= 4 is 11.8 Å². The standard InChI is InChI=1S/C26H32N2O3/c1-17(2)14-25(30)28-13-12-19-8-11-22(31-16-24(29)27-21-9-10-21)15-23(19)26(28)20-6-4-18(3)5-7-20/h4-8,11,15,17,21,26H,9-10,12-14,16H2,1-3H3,(H,27,29)/t26-/m0/s1. The van der Waals surface area contributed by atoms with Gasteiger partial charge in [0.1, 0.15) is 5.75 Å². The fourth-order valence-corrected chi connectivity index (χ4v) is 4.17. The Balaban J connectivity index is 1.61. The van der Waals surface area contributed by atoms with Gasteiger partial charge in [0.25, 0.3) is 5.91 Å². The second-order valence-corrected chi connectivity index (χ2v) is 9.24. The zero-order valence-electron chi connectivity index (χ0n) is 18.7. The zero-order chi connectivity index (χ0) is 22.0. The highest BCUT2D eigenvalue weighted by molar-refractivity contribution is 5.79. The Kier molecular flexibility index (Phi) is 6.30. The molecule has 5 nitrogen and oxygen atoms in total. The molecule has 2 amide bonds. The highest BCUT2D eigenvalue weighted by Gasteiger charge is 2.32. The Morgan fingerprint density at radius 3 is 2.55 bits per heavy atom. The molecule has 0 spiro atoms. The number of hydrogen-bond acceptors (Lipinski definition) is 3. The van der Waals surface area contributed by atoms with Gasteiger partial charge in [-0.25, -0.2) is 0 Å². The van der Waals surface area contributed by atoms with Crippen molar-refractivity contribution in [2.24, 2.45) is 5.92 Å². The van der Waals surface area contributed by atoms with Gasteiger partial charge in [-0.3, -0.25) is 9.59 Å². The summed E-state index contributed by atoms with van der Waals surface area (Å²) in [6.45, 7) is 6.95. The Bertz CT molecular complexity index is 948. The Morgan fingerprint density at radius 2 is 1.87 bits per heavy atom. The number of nitrogens with zero attached hydrogens (tertiary/aromatic N) is 1. The van der Waals surface area contributed by atoms with Gasteiger partial charge in [0.15, 0.2) is 6.61 Å². The summed E-state index contributed by atoms with van der Waals surface area (Å²) >= 11 is 0. The van der Waals surface area contributed by atoms with E-state index in [4.69, 9.17) is 4.74 Å². The maximum absolute atomic E-state index is 13.1. The van der Waals surface area contributed by atoms with E-state index in [2.05, 4.69) is 56.4 Å². The zero-order valence-corrected chi connectivity index (χ0v) is 18.7. The lowest BCUT2D eigenvalue weighted by molar-refractivity contribution is -0.134. The third kappa shape index (κ3) is 5.27. The number of hydrogen-bond donors (Lipinski definition) is 1. The first-order valence-electron chi connectivity index (χ1n) is 11.3. The van der Waals surface area contributed by atoms with E-state index in [0.717, 1.165) is 30.4 Å². The summed E-state index contributed by atoms with van der Waals surface area (Å²) in [7, 11) is 0. The monoisotopic (exact) mass is 420 g/mol. The molecule has 0 unspecified atom stereocenters. The molecule has 1 aliphatic heterocycles. The first kappa shape index (κ1) is 21.4. The Hall–Kier alpha value is -2.82. The molecule has 0 aromatic heterocycles. The summed E-state index contributed by atoms with van der Waals surface area (Å²) in [6.07, 6.45) is 3.48. The quantitative estimate of drug-likeness (QED) is 0.731. The fourth-order valence-electron chi connectivity index (χ4n) is 4.17. The van der Waals surface area contributed by atoms with Crippen molar-refractivity contribution < 1.29 is 14.3 Å². The molecule has 31 heavy (non-hydrogen) atoms. The number of ether oxygens (including phenoxy) is 1. The van der Waals surface area contributed by atoms with Crippen LogP contribution in [0.5, 0.6) is 5.75 Å². The topological polar surface area (TPSA) is 58.6 Å². The average Bonchev–Trinajstić information content (AvgIpc) is 3.55. The SMILES string of the molecule is Cc1ccc([C@H]2c3cc(OCC(=O)NC4CC4)ccc3CCN2C(=O)CC(C)C)cc1. The van der Waals surface area contributed by atoms with Crippen LogP contribution in [0.3, 0.4) is 0 Å². The van der Waals surface area contributed by atoms with E-state index in [-0.39, 0.29) is 24.5 Å². The van der Waals surface area contributed by atoms with Crippen LogP contribution in [0.2, 0.25) is 0 Å². The van der Waals surface area contributed by atoms with E-state index in [0.29, 0.717) is 30.7 Å². The smallest absolute Gasteiger partial charge is 0.258 e. The molecule has 164 valence electrons. The Morgan fingerprint density at radius 1 is 1.13 bits per heavy atom. The number of fused-ring (bicyclic) bond motifs is 1. The second kappa shape index (κ2) is 9.13. The van der Waals surface area contributed by atoms with E-state index in [1.165, 1.54) is 11.1 Å². The molecule has 4 rings (SSSR count). The third-order valence-electron chi connectivity index (χ3n) is 5.95. The van der Waals surface area contributed by atoms with Gasteiger partial charge in [-0.15, -0.1) is 0 Å². The lowest BCUT2D eigenvalue weighted by atomic mass is 9.87. The molecule has 1 N–H and O–H groups in total. The number of carbonyl (C=O) groups excluding carboxylic acids is 2. The largest absolute Gasteiger partial charge is 0.484 e. The van der Waals surface area contributed by atoms with Crippen LogP contribution >= 0.6 is 0 Å². The summed E-state index contributed by atoms with van der Waals surface area (Å²) < 4.78 is 5.81. The number of aryl methyl sites for hydroxylation is 1. The molecule has 0 radical (unpaired) electrons. The maximum atomic E-state index is 13.1. The van der Waals surface area contributed by atoms with E-state index in [1.807, 2.05) is 17.0 Å². The van der Waals surface area contributed by atoms with E-state index in [9.17, 15) is 9.59 Å². The lowest BCUT2D eigenvalue weighted by Gasteiger charge is -2.38. The van der Waals surface area contributed by atoms with Gasteiger partial charge < -0.3 is 15.0 Å². The summed E-state index contributed by atoms with van der Waals surface area (Å²) in [6, 6.07) is 14.6. The van der Waals surface area contributed by atoms with Gasteiger partial charge in [0.2, 0.25) is 5.91 Å². The van der Waals surface area contributed by atoms with Gasteiger partial charge in [0.05, 0.1) is 6.04 Å². The van der Waals surface area contributed by atoms with E-state index >= 15 is 0 Å². The van der Waals surface area contributed by atoms with Crippen LogP contribution in [0.4, 0.5) is 0 Å². The van der Waals surface area contributed by atoms with Crippen molar-refractivity contribution in [1.82, 2.24) is 10.2 Å². The molecular formula is C26H32N2O3. The van der Waals surface area contributed by atoms with Crippen LogP contribution in [0.15, 0.2) is 42.5 Å². The molecule has 5 heteroatoms. The highest BCUT2D eigenvalue weighted by atomic mass is 16.5. The van der Waals surface area contributed by atoms with E-state index < -0.39 is 0 Å². The van der Waals surface area contributed by atoms with Gasteiger partial charge in [-0.05, 0) is 60.9 Å². The molecule has 0 bridgehead atoms. The van der Waals surface area contributed by atoms with Gasteiger partial charge in [0, 0.05) is 19.0 Å². The third-order valence-corrected chi connectivity index (χ3v) is 5.95. The molecule has 1 aliphatic carbocycles. The molecule has 1 fully saturated rings. The maximum Gasteiger partial charge on any atom is 0.258 e. The van der Waals surface area contributed by atoms with Crippen molar-refractivity contribution in [2.45, 2.75) is 58.5 Å². The van der Waals surface area contributed by atoms with Crippen molar-refractivity contribution in [3.63, 3.8) is 0 Å². The van der Waals surface area contributed by atoms with Gasteiger partial charge >= 0.3 is 0 Å². The minimum Gasteiger partial charge on any atom is -0.484 e. The number of amides is 2. The number of carbonyl (C=O) groups is 2. The minimum atomic E-state index is -0.139. The van der Waals surface area contributed by atoms with Crippen LogP contribution < -0.4 is 10.1 Å². The molecular weight excluding hydrogens is 388 g/mol. The van der Waals surface area contributed by atoms with Crippen molar-refractivity contribution in [3.05, 3.63) is 64.7 Å². The van der Waals surface area contributed by atoms with Crippen LogP contribution in [0, 0.1) is 12.8 Å². The molecule has 2 aliphatic rings. The first-order chi connectivity index (χ1) is 14.9. The van der Waals surface area contributed by atoms with Crippen molar-refractivity contribution in [1.29, 1.82) is 0 Å². The number of rotatable bonds is 7. The normalized spacial score (nSPS) is 17.9. The summed E-state index contributed by atoms with van der Waals surface area (Å²) in [5, 5.41) is 2.95. The van der Waals surface area contributed by atoms with Crippen molar-refractivity contribution in [2.75, 3.05) is 13.2 Å². The lowest BCUT2D eigenvalue weighted by Crippen LogP contribution is -2.41. The van der Waals surface area contributed by atoms with Crippen molar-refractivity contribution in [3.8, 4) is 5.75 Å². The molecule has 1 atom stereocenters. The predicted octanol–water partition coefficient (Wildman–Crippen LogP) is 4.17. The summed E-state index contributed by atoms with van der Waals surface area (Å²) in [4.78, 5) is 27.2. The van der Waals surface area contributed by atoms with Gasteiger partial charge in [-0.1, -0.05) is 49.7 Å². The first-order valence-corrected chi connectivity index (χ1v) is 11.3. The fraction of sp³-hybridized carbons (Fsp3) is 0.462. The summed E-state index contributed by atoms with van der Waals surface area (Å²) in [5.41, 5.74) is 4.62. The molecule has 2 aromatic carbocycles. The summed E-state index contributed by atoms with van der Waals surface area (Å²) in [5.74, 6) is 1.08. The number of nitrogens with one attached hydrogen (secondary N) is 1. The van der Waals surface area contributed by atoms with Crippen LogP contribution in [-0.2, 0) is 16.0 Å². The Labute approximate surface area is 184 Å². The highest BCUT2D eigenvalue weighted by Crippen LogP contribution is 2.38. The second-order valence-electron chi connectivity index (χ2n) is 9.24. The van der Waals surface area contributed by atoms with Crippen LogP contribution in [0.25, 0.3) is 0 Å². The van der Waals surface area contributed by atoms with Crippen LogP contribution in [-0.4, -0.2) is 35.9 Å². The molecule has 1 heterocycles. The van der Waals surface area contributed by atoms with Crippen LogP contribution in [0.1, 0.15) is 61.4 Å². The predicted molar refractivity (Wildman–Crippen MR) is 121 cm³/mol. The minimum absolute atomic E-state index is 0.0144.